The monoisotopic (exact) mass is 259 g/mol. The molecule has 2 aromatic rings. The highest BCUT2D eigenvalue weighted by Crippen LogP contribution is 2.09. The van der Waals surface area contributed by atoms with E-state index in [4.69, 9.17) is 4.74 Å². The SMILES string of the molecule is CCn1ccnc1CNCc1ccccc1COC. The third-order valence-electron chi connectivity index (χ3n) is 3.16. The smallest absolute Gasteiger partial charge is 0.122 e. The van der Waals surface area contributed by atoms with Gasteiger partial charge >= 0.3 is 0 Å². The van der Waals surface area contributed by atoms with Gasteiger partial charge in [-0.05, 0) is 18.1 Å². The molecule has 0 spiro atoms. The van der Waals surface area contributed by atoms with Crippen LogP contribution in [0.25, 0.3) is 0 Å². The van der Waals surface area contributed by atoms with E-state index in [0.29, 0.717) is 6.61 Å². The second-order valence-corrected chi connectivity index (χ2v) is 4.43. The van der Waals surface area contributed by atoms with Gasteiger partial charge in [0.25, 0.3) is 0 Å². The molecule has 102 valence electrons. The third-order valence-corrected chi connectivity index (χ3v) is 3.16. The maximum atomic E-state index is 5.21. The lowest BCUT2D eigenvalue weighted by atomic mass is 10.1. The second-order valence-electron chi connectivity index (χ2n) is 4.43. The van der Waals surface area contributed by atoms with Gasteiger partial charge in [0.05, 0.1) is 13.2 Å². The van der Waals surface area contributed by atoms with E-state index in [9.17, 15) is 0 Å². The van der Waals surface area contributed by atoms with Crippen molar-refractivity contribution in [3.05, 3.63) is 53.6 Å². The zero-order valence-electron chi connectivity index (χ0n) is 11.6. The van der Waals surface area contributed by atoms with Crippen LogP contribution in [0.2, 0.25) is 0 Å². The quantitative estimate of drug-likeness (QED) is 0.829. The van der Waals surface area contributed by atoms with Crippen LogP contribution in [0.4, 0.5) is 0 Å². The Morgan fingerprint density at radius 2 is 2.00 bits per heavy atom. The molecule has 0 radical (unpaired) electrons. The molecular weight excluding hydrogens is 238 g/mol. The van der Waals surface area contributed by atoms with E-state index < -0.39 is 0 Å². The maximum absolute atomic E-state index is 5.21. The first kappa shape index (κ1) is 13.8. The van der Waals surface area contributed by atoms with Gasteiger partial charge in [0.1, 0.15) is 5.82 Å². The summed E-state index contributed by atoms with van der Waals surface area (Å²) in [4.78, 5) is 4.35. The van der Waals surface area contributed by atoms with Gasteiger partial charge in [-0.25, -0.2) is 4.98 Å². The summed E-state index contributed by atoms with van der Waals surface area (Å²) in [7, 11) is 1.72. The molecule has 0 unspecified atom stereocenters. The van der Waals surface area contributed by atoms with Gasteiger partial charge in [-0.2, -0.15) is 0 Å². The number of nitrogens with zero attached hydrogens (tertiary/aromatic N) is 2. The maximum Gasteiger partial charge on any atom is 0.122 e. The first-order valence-corrected chi connectivity index (χ1v) is 6.61. The minimum absolute atomic E-state index is 0.654. The van der Waals surface area contributed by atoms with E-state index in [1.807, 2.05) is 18.5 Å². The highest BCUT2D eigenvalue weighted by Gasteiger charge is 2.03. The van der Waals surface area contributed by atoms with E-state index in [-0.39, 0.29) is 0 Å². The predicted molar refractivity (Wildman–Crippen MR) is 75.6 cm³/mol. The molecule has 0 aliphatic heterocycles. The molecule has 2 rings (SSSR count). The lowest BCUT2D eigenvalue weighted by Crippen LogP contribution is -2.17. The van der Waals surface area contributed by atoms with Crippen LogP contribution in [-0.4, -0.2) is 16.7 Å². The summed E-state index contributed by atoms with van der Waals surface area (Å²) >= 11 is 0. The van der Waals surface area contributed by atoms with Crippen molar-refractivity contribution in [3.63, 3.8) is 0 Å². The van der Waals surface area contributed by atoms with Gasteiger partial charge in [-0.15, -0.1) is 0 Å². The summed E-state index contributed by atoms with van der Waals surface area (Å²) < 4.78 is 7.36. The van der Waals surface area contributed by atoms with Gasteiger partial charge in [-0.3, -0.25) is 0 Å². The molecule has 0 aliphatic rings. The third kappa shape index (κ3) is 3.66. The number of aryl methyl sites for hydroxylation is 1. The molecule has 0 fully saturated rings. The van der Waals surface area contributed by atoms with Crippen LogP contribution in [0.1, 0.15) is 23.9 Å². The summed E-state index contributed by atoms with van der Waals surface area (Å²) in [5.41, 5.74) is 2.51. The molecular formula is C15H21N3O. The van der Waals surface area contributed by atoms with Crippen LogP contribution in [0.3, 0.4) is 0 Å². The molecule has 4 heteroatoms. The molecule has 0 atom stereocenters. The van der Waals surface area contributed by atoms with Gasteiger partial charge < -0.3 is 14.6 Å². The highest BCUT2D eigenvalue weighted by molar-refractivity contribution is 5.26. The Balaban J connectivity index is 1.92. The Labute approximate surface area is 114 Å². The first-order valence-electron chi connectivity index (χ1n) is 6.61. The Morgan fingerprint density at radius 1 is 1.21 bits per heavy atom. The number of imidazole rings is 1. The predicted octanol–water partition coefficient (Wildman–Crippen LogP) is 2.34. The van der Waals surface area contributed by atoms with Crippen molar-refractivity contribution in [1.82, 2.24) is 14.9 Å². The van der Waals surface area contributed by atoms with Crippen LogP contribution in [-0.2, 0) is 31.0 Å². The van der Waals surface area contributed by atoms with Crippen molar-refractivity contribution in [2.45, 2.75) is 33.2 Å². The fourth-order valence-corrected chi connectivity index (χ4v) is 2.13. The van der Waals surface area contributed by atoms with Crippen LogP contribution >= 0.6 is 0 Å². The molecule has 4 nitrogen and oxygen atoms in total. The largest absolute Gasteiger partial charge is 0.380 e. The molecule has 0 bridgehead atoms. The standard InChI is InChI=1S/C15H21N3O/c1-3-18-9-8-17-15(18)11-16-10-13-6-4-5-7-14(13)12-19-2/h4-9,16H,3,10-12H2,1-2H3. The van der Waals surface area contributed by atoms with Gasteiger partial charge in [0, 0.05) is 32.6 Å². The fraction of sp³-hybridized carbons (Fsp3) is 0.400. The van der Waals surface area contributed by atoms with E-state index in [0.717, 1.165) is 25.5 Å². The van der Waals surface area contributed by atoms with E-state index in [1.165, 1.54) is 11.1 Å². The number of ether oxygens (including phenoxy) is 1. The average Bonchev–Trinajstić information content (AvgIpc) is 2.88. The topological polar surface area (TPSA) is 39.1 Å². The molecule has 0 aliphatic carbocycles. The molecule has 1 heterocycles. The molecule has 0 saturated heterocycles. The first-order chi connectivity index (χ1) is 9.35. The minimum atomic E-state index is 0.654. The lowest BCUT2D eigenvalue weighted by Gasteiger charge is -2.10. The number of nitrogens with one attached hydrogen (secondary N) is 1. The van der Waals surface area contributed by atoms with Crippen LogP contribution in [0.5, 0.6) is 0 Å². The lowest BCUT2D eigenvalue weighted by molar-refractivity contribution is 0.184. The summed E-state index contributed by atoms with van der Waals surface area (Å²) in [6.45, 7) is 5.34. The Kier molecular flexibility index (Phi) is 5.12. The second kappa shape index (κ2) is 7.07. The average molecular weight is 259 g/mol. The van der Waals surface area contributed by atoms with E-state index in [2.05, 4.69) is 40.0 Å². The van der Waals surface area contributed by atoms with Crippen LogP contribution in [0.15, 0.2) is 36.7 Å². The number of benzene rings is 1. The zero-order chi connectivity index (χ0) is 13.5. The van der Waals surface area contributed by atoms with Crippen molar-refractivity contribution in [2.75, 3.05) is 7.11 Å². The Morgan fingerprint density at radius 3 is 2.74 bits per heavy atom. The number of rotatable bonds is 7. The minimum Gasteiger partial charge on any atom is -0.380 e. The molecule has 1 aromatic heterocycles. The number of methoxy groups -OCH3 is 1. The number of hydrogen-bond donors (Lipinski definition) is 1. The van der Waals surface area contributed by atoms with Crippen molar-refractivity contribution >= 4 is 0 Å². The summed E-state index contributed by atoms with van der Waals surface area (Å²) in [6.07, 6.45) is 3.86. The molecule has 0 amide bonds. The van der Waals surface area contributed by atoms with E-state index in [1.54, 1.807) is 7.11 Å². The van der Waals surface area contributed by atoms with Crippen molar-refractivity contribution < 1.29 is 4.74 Å². The molecule has 1 N–H and O–H groups in total. The van der Waals surface area contributed by atoms with Crippen LogP contribution < -0.4 is 5.32 Å². The van der Waals surface area contributed by atoms with Crippen molar-refractivity contribution in [3.8, 4) is 0 Å². The summed E-state index contributed by atoms with van der Waals surface area (Å²) in [5, 5.41) is 3.44. The highest BCUT2D eigenvalue weighted by atomic mass is 16.5. The normalized spacial score (nSPS) is 10.8. The fourth-order valence-electron chi connectivity index (χ4n) is 2.13. The summed E-state index contributed by atoms with van der Waals surface area (Å²) in [5.74, 6) is 1.08. The van der Waals surface area contributed by atoms with Gasteiger partial charge in [0.15, 0.2) is 0 Å². The summed E-state index contributed by atoms with van der Waals surface area (Å²) in [6, 6.07) is 8.34. The van der Waals surface area contributed by atoms with Crippen molar-refractivity contribution in [1.29, 1.82) is 0 Å². The van der Waals surface area contributed by atoms with Gasteiger partial charge in [0.2, 0.25) is 0 Å². The molecule has 19 heavy (non-hydrogen) atoms. The van der Waals surface area contributed by atoms with Crippen molar-refractivity contribution in [2.24, 2.45) is 0 Å². The van der Waals surface area contributed by atoms with Gasteiger partial charge in [-0.1, -0.05) is 24.3 Å². The van der Waals surface area contributed by atoms with E-state index >= 15 is 0 Å². The number of hydrogen-bond acceptors (Lipinski definition) is 3. The van der Waals surface area contributed by atoms with Crippen LogP contribution in [0, 0.1) is 0 Å². The molecule has 1 aromatic carbocycles. The Bertz CT molecular complexity index is 508. The Hall–Kier alpha value is -1.65. The number of aromatic nitrogens is 2. The zero-order valence-corrected chi connectivity index (χ0v) is 11.6. The molecule has 0 saturated carbocycles.